The molecule has 1 N–H and O–H groups in total. The Morgan fingerprint density at radius 2 is 2.33 bits per heavy atom. The van der Waals surface area contributed by atoms with E-state index in [2.05, 4.69) is 21.7 Å². The number of carbonyl (C=O) groups is 1. The molecule has 1 aliphatic carbocycles. The van der Waals surface area contributed by atoms with E-state index in [1.807, 2.05) is 0 Å². The standard InChI is InChI=1S/C12H11ClN2O3/c1-14-15-10-9-4-3-8(13)5-7(9)6-12(10,17)11(16)18-2/h3-5,17H,1,6H2,2H3/t12-/m0/s1. The fraction of sp³-hybridized carbons (Fsp3) is 0.250. The van der Waals surface area contributed by atoms with Gasteiger partial charge in [0.25, 0.3) is 0 Å². The molecular formula is C12H11ClN2O3. The fourth-order valence-corrected chi connectivity index (χ4v) is 2.26. The first kappa shape index (κ1) is 12.7. The van der Waals surface area contributed by atoms with Gasteiger partial charge in [0, 0.05) is 23.7 Å². The SMILES string of the molecule is C=NN=C1c2ccc(Cl)cc2C[C@@]1(O)C(=O)OC. The molecule has 94 valence electrons. The third-order valence-corrected chi connectivity index (χ3v) is 3.09. The number of methoxy groups -OCH3 is 1. The molecule has 0 saturated heterocycles. The monoisotopic (exact) mass is 266 g/mol. The highest BCUT2D eigenvalue weighted by Crippen LogP contribution is 2.33. The number of nitrogens with zero attached hydrogens (tertiary/aromatic N) is 2. The molecule has 0 spiro atoms. The lowest BCUT2D eigenvalue weighted by Gasteiger charge is -2.19. The van der Waals surface area contributed by atoms with Gasteiger partial charge in [-0.05, 0) is 17.7 Å². The lowest BCUT2D eigenvalue weighted by molar-refractivity contribution is -0.154. The molecule has 0 unspecified atom stereocenters. The van der Waals surface area contributed by atoms with Crippen molar-refractivity contribution in [3.8, 4) is 0 Å². The van der Waals surface area contributed by atoms with Crippen LogP contribution in [0.3, 0.4) is 0 Å². The number of hydrogen-bond donors (Lipinski definition) is 1. The third kappa shape index (κ3) is 1.81. The highest BCUT2D eigenvalue weighted by Gasteiger charge is 2.49. The second-order valence-electron chi connectivity index (χ2n) is 3.92. The molecule has 0 heterocycles. The Morgan fingerprint density at radius 3 is 2.94 bits per heavy atom. The first-order valence-electron chi connectivity index (χ1n) is 5.16. The summed E-state index contributed by atoms with van der Waals surface area (Å²) in [5, 5.41) is 18.1. The van der Waals surface area contributed by atoms with Crippen LogP contribution in [-0.4, -0.2) is 36.2 Å². The predicted octanol–water partition coefficient (Wildman–Crippen LogP) is 1.20. The van der Waals surface area contributed by atoms with Crippen LogP contribution in [0.2, 0.25) is 5.02 Å². The van der Waals surface area contributed by atoms with Crippen molar-refractivity contribution >= 4 is 30.0 Å². The molecule has 0 amide bonds. The molecular weight excluding hydrogens is 256 g/mol. The van der Waals surface area contributed by atoms with Crippen molar-refractivity contribution in [1.82, 2.24) is 0 Å². The number of halogens is 1. The molecule has 1 aromatic rings. The zero-order chi connectivity index (χ0) is 13.3. The van der Waals surface area contributed by atoms with Crippen molar-refractivity contribution in [2.24, 2.45) is 10.2 Å². The van der Waals surface area contributed by atoms with Crippen LogP contribution in [0.25, 0.3) is 0 Å². The molecule has 0 saturated carbocycles. The Kier molecular flexibility index (Phi) is 3.19. The van der Waals surface area contributed by atoms with Gasteiger partial charge in [0.15, 0.2) is 0 Å². The van der Waals surface area contributed by atoms with E-state index >= 15 is 0 Å². The molecule has 5 nitrogen and oxygen atoms in total. The lowest BCUT2D eigenvalue weighted by atomic mass is 9.99. The summed E-state index contributed by atoms with van der Waals surface area (Å²) >= 11 is 5.88. The lowest BCUT2D eigenvalue weighted by Crippen LogP contribution is -2.45. The molecule has 1 aromatic carbocycles. The summed E-state index contributed by atoms with van der Waals surface area (Å²) < 4.78 is 4.61. The summed E-state index contributed by atoms with van der Waals surface area (Å²) in [5.41, 5.74) is -0.350. The van der Waals surface area contributed by atoms with Crippen molar-refractivity contribution in [3.63, 3.8) is 0 Å². The summed E-state index contributed by atoms with van der Waals surface area (Å²) in [6.45, 7) is 3.24. The molecule has 0 aromatic heterocycles. The zero-order valence-electron chi connectivity index (χ0n) is 9.68. The number of rotatable bonds is 2. The van der Waals surface area contributed by atoms with E-state index in [4.69, 9.17) is 11.6 Å². The minimum absolute atomic E-state index is 0.0594. The maximum absolute atomic E-state index is 11.7. The Hall–Kier alpha value is -1.72. The number of hydrogen-bond acceptors (Lipinski definition) is 5. The van der Waals surface area contributed by atoms with Gasteiger partial charge in [-0.25, -0.2) is 4.79 Å². The van der Waals surface area contributed by atoms with E-state index in [1.54, 1.807) is 18.2 Å². The second kappa shape index (κ2) is 4.51. The summed E-state index contributed by atoms with van der Waals surface area (Å²) in [4.78, 5) is 11.7. The first-order chi connectivity index (χ1) is 8.52. The Balaban J connectivity index is 2.60. The maximum atomic E-state index is 11.7. The Morgan fingerprint density at radius 1 is 1.61 bits per heavy atom. The number of carbonyl (C=O) groups excluding carboxylic acids is 1. The van der Waals surface area contributed by atoms with Crippen LogP contribution in [0.4, 0.5) is 0 Å². The molecule has 0 bridgehead atoms. The van der Waals surface area contributed by atoms with Crippen LogP contribution in [-0.2, 0) is 16.0 Å². The van der Waals surface area contributed by atoms with Gasteiger partial charge in [-0.15, -0.1) is 0 Å². The molecule has 18 heavy (non-hydrogen) atoms. The van der Waals surface area contributed by atoms with E-state index in [0.29, 0.717) is 10.6 Å². The number of esters is 1. The molecule has 6 heteroatoms. The predicted molar refractivity (Wildman–Crippen MR) is 68.2 cm³/mol. The largest absolute Gasteiger partial charge is 0.467 e. The molecule has 0 fully saturated rings. The molecule has 0 aliphatic heterocycles. The summed E-state index contributed by atoms with van der Waals surface area (Å²) in [6, 6.07) is 5.01. The molecule has 1 atom stereocenters. The Labute approximate surface area is 109 Å². The van der Waals surface area contributed by atoms with Gasteiger partial charge >= 0.3 is 5.97 Å². The number of benzene rings is 1. The molecule has 1 aliphatic rings. The number of fused-ring (bicyclic) bond motifs is 1. The van der Waals surface area contributed by atoms with Gasteiger partial charge in [-0.2, -0.15) is 10.2 Å². The third-order valence-electron chi connectivity index (χ3n) is 2.85. The summed E-state index contributed by atoms with van der Waals surface area (Å²) in [5.74, 6) is -0.780. The van der Waals surface area contributed by atoms with Crippen LogP contribution in [0.1, 0.15) is 11.1 Å². The van der Waals surface area contributed by atoms with Gasteiger partial charge in [-0.1, -0.05) is 17.7 Å². The normalized spacial score (nSPS) is 23.8. The van der Waals surface area contributed by atoms with Gasteiger partial charge in [0.1, 0.15) is 5.71 Å². The van der Waals surface area contributed by atoms with E-state index < -0.39 is 11.6 Å². The molecule has 0 radical (unpaired) electrons. The van der Waals surface area contributed by atoms with E-state index in [0.717, 1.165) is 5.56 Å². The average molecular weight is 267 g/mol. The fourth-order valence-electron chi connectivity index (χ4n) is 2.07. The highest BCUT2D eigenvalue weighted by molar-refractivity contribution is 6.31. The van der Waals surface area contributed by atoms with Crippen molar-refractivity contribution in [2.75, 3.05) is 7.11 Å². The smallest absolute Gasteiger partial charge is 0.344 e. The average Bonchev–Trinajstić information content (AvgIpc) is 2.62. The van der Waals surface area contributed by atoms with Crippen molar-refractivity contribution in [2.45, 2.75) is 12.0 Å². The zero-order valence-corrected chi connectivity index (χ0v) is 10.4. The highest BCUT2D eigenvalue weighted by atomic mass is 35.5. The van der Waals surface area contributed by atoms with Crippen molar-refractivity contribution in [1.29, 1.82) is 0 Å². The van der Waals surface area contributed by atoms with Crippen LogP contribution in [0.5, 0.6) is 0 Å². The number of aliphatic hydroxyl groups is 1. The quantitative estimate of drug-likeness (QED) is 0.497. The van der Waals surface area contributed by atoms with Crippen molar-refractivity contribution < 1.29 is 14.6 Å². The Bertz CT molecular complexity index is 556. The van der Waals surface area contributed by atoms with E-state index in [1.165, 1.54) is 7.11 Å². The topological polar surface area (TPSA) is 71.2 Å². The van der Waals surface area contributed by atoms with Gasteiger partial charge < -0.3 is 9.84 Å². The van der Waals surface area contributed by atoms with Crippen LogP contribution in [0, 0.1) is 0 Å². The van der Waals surface area contributed by atoms with Crippen LogP contribution < -0.4 is 0 Å². The van der Waals surface area contributed by atoms with E-state index in [-0.39, 0.29) is 12.1 Å². The van der Waals surface area contributed by atoms with Crippen LogP contribution in [0.15, 0.2) is 28.4 Å². The number of ether oxygens (including phenoxy) is 1. The minimum Gasteiger partial charge on any atom is -0.467 e. The second-order valence-corrected chi connectivity index (χ2v) is 4.36. The van der Waals surface area contributed by atoms with Crippen molar-refractivity contribution in [3.05, 3.63) is 34.3 Å². The summed E-state index contributed by atoms with van der Waals surface area (Å²) in [7, 11) is 1.20. The van der Waals surface area contributed by atoms with Gasteiger partial charge in [0.05, 0.1) is 7.11 Å². The van der Waals surface area contributed by atoms with Gasteiger partial charge in [-0.3, -0.25) is 0 Å². The van der Waals surface area contributed by atoms with Crippen LogP contribution >= 0.6 is 11.6 Å². The maximum Gasteiger partial charge on any atom is 0.344 e. The minimum atomic E-state index is -1.83. The molecule has 2 rings (SSSR count). The van der Waals surface area contributed by atoms with Gasteiger partial charge in [0.2, 0.25) is 5.60 Å². The first-order valence-corrected chi connectivity index (χ1v) is 5.54. The van der Waals surface area contributed by atoms with E-state index in [9.17, 15) is 9.90 Å². The summed E-state index contributed by atoms with van der Waals surface area (Å²) in [6.07, 6.45) is 0.0594.